The van der Waals surface area contributed by atoms with Crippen LogP contribution in [-0.2, 0) is 9.53 Å². The van der Waals surface area contributed by atoms with Crippen LogP contribution in [0, 0.1) is 11.8 Å². The fourth-order valence-electron chi connectivity index (χ4n) is 2.06. The minimum Gasteiger partial charge on any atom is -0.466 e. The van der Waals surface area contributed by atoms with Gasteiger partial charge in [0, 0.05) is 13.1 Å². The minimum atomic E-state index is -0.0986. The van der Waals surface area contributed by atoms with Crippen molar-refractivity contribution in [3.05, 3.63) is 0 Å². The van der Waals surface area contributed by atoms with Crippen LogP contribution in [0.2, 0.25) is 0 Å². The van der Waals surface area contributed by atoms with Gasteiger partial charge in [-0.15, -0.1) is 0 Å². The van der Waals surface area contributed by atoms with E-state index >= 15 is 0 Å². The molecule has 1 aliphatic heterocycles. The molecule has 0 aromatic rings. The standard InChI is InChI=1S/C12H24N2O2/c1-4-16-12(15)10(2)7-13-8-11-5-6-14(3)9-11/h10-11,13H,4-9H2,1-3H3. The molecule has 1 saturated heterocycles. The largest absolute Gasteiger partial charge is 0.466 e. The van der Waals surface area contributed by atoms with Crippen molar-refractivity contribution in [1.82, 2.24) is 10.2 Å². The lowest BCUT2D eigenvalue weighted by molar-refractivity contribution is -0.147. The monoisotopic (exact) mass is 228 g/mol. The molecule has 2 atom stereocenters. The van der Waals surface area contributed by atoms with Crippen molar-refractivity contribution >= 4 is 5.97 Å². The van der Waals surface area contributed by atoms with E-state index in [2.05, 4.69) is 17.3 Å². The van der Waals surface area contributed by atoms with Crippen LogP contribution in [0.5, 0.6) is 0 Å². The van der Waals surface area contributed by atoms with Crippen LogP contribution in [0.3, 0.4) is 0 Å². The van der Waals surface area contributed by atoms with Crippen LogP contribution in [0.25, 0.3) is 0 Å². The normalized spacial score (nSPS) is 23.3. The molecule has 0 amide bonds. The molecule has 0 radical (unpaired) electrons. The quantitative estimate of drug-likeness (QED) is 0.680. The predicted octanol–water partition coefficient (Wildman–Crippen LogP) is 0.727. The van der Waals surface area contributed by atoms with Crippen LogP contribution < -0.4 is 5.32 Å². The zero-order chi connectivity index (χ0) is 12.0. The lowest BCUT2D eigenvalue weighted by Gasteiger charge is -2.14. The van der Waals surface area contributed by atoms with Crippen molar-refractivity contribution in [2.75, 3.05) is 39.8 Å². The molecule has 1 fully saturated rings. The summed E-state index contributed by atoms with van der Waals surface area (Å²) >= 11 is 0. The van der Waals surface area contributed by atoms with Crippen molar-refractivity contribution < 1.29 is 9.53 Å². The summed E-state index contributed by atoms with van der Waals surface area (Å²) in [4.78, 5) is 13.7. The molecule has 0 bridgehead atoms. The number of nitrogens with one attached hydrogen (secondary N) is 1. The summed E-state index contributed by atoms with van der Waals surface area (Å²) in [6.07, 6.45) is 1.26. The molecule has 16 heavy (non-hydrogen) atoms. The number of esters is 1. The first kappa shape index (κ1) is 13.5. The highest BCUT2D eigenvalue weighted by Crippen LogP contribution is 2.12. The molecule has 1 N–H and O–H groups in total. The second-order valence-corrected chi connectivity index (χ2v) is 4.73. The average Bonchev–Trinajstić information content (AvgIpc) is 2.64. The SMILES string of the molecule is CCOC(=O)C(C)CNCC1CCN(C)C1. The Bertz CT molecular complexity index is 221. The number of carbonyl (C=O) groups is 1. The second kappa shape index (κ2) is 6.86. The van der Waals surface area contributed by atoms with E-state index < -0.39 is 0 Å². The van der Waals surface area contributed by atoms with Gasteiger partial charge < -0.3 is 15.0 Å². The van der Waals surface area contributed by atoms with Gasteiger partial charge in [0.2, 0.25) is 0 Å². The van der Waals surface area contributed by atoms with Crippen molar-refractivity contribution in [3.8, 4) is 0 Å². The second-order valence-electron chi connectivity index (χ2n) is 4.73. The van der Waals surface area contributed by atoms with Gasteiger partial charge >= 0.3 is 5.97 Å². The summed E-state index contributed by atoms with van der Waals surface area (Å²) in [5.41, 5.74) is 0. The smallest absolute Gasteiger partial charge is 0.309 e. The first-order valence-corrected chi connectivity index (χ1v) is 6.19. The zero-order valence-corrected chi connectivity index (χ0v) is 10.7. The zero-order valence-electron chi connectivity index (χ0n) is 10.7. The number of rotatable bonds is 6. The first-order chi connectivity index (χ1) is 7.63. The first-order valence-electron chi connectivity index (χ1n) is 6.19. The summed E-state index contributed by atoms with van der Waals surface area (Å²) < 4.78 is 4.96. The molecular weight excluding hydrogens is 204 g/mol. The van der Waals surface area contributed by atoms with E-state index in [0.29, 0.717) is 6.61 Å². The summed E-state index contributed by atoms with van der Waals surface area (Å²) in [5, 5.41) is 3.36. The Labute approximate surface area is 98.3 Å². The van der Waals surface area contributed by atoms with Gasteiger partial charge in [0.1, 0.15) is 0 Å². The maximum absolute atomic E-state index is 11.4. The van der Waals surface area contributed by atoms with Crippen molar-refractivity contribution in [2.45, 2.75) is 20.3 Å². The van der Waals surface area contributed by atoms with E-state index in [4.69, 9.17) is 4.74 Å². The molecule has 1 aliphatic rings. The maximum atomic E-state index is 11.4. The van der Waals surface area contributed by atoms with Gasteiger partial charge in [-0.2, -0.15) is 0 Å². The lowest BCUT2D eigenvalue weighted by Crippen LogP contribution is -2.32. The third-order valence-electron chi connectivity index (χ3n) is 3.06. The Morgan fingerprint density at radius 3 is 2.94 bits per heavy atom. The van der Waals surface area contributed by atoms with E-state index in [1.165, 1.54) is 19.5 Å². The predicted molar refractivity (Wildman–Crippen MR) is 64.3 cm³/mol. The Kier molecular flexibility index (Phi) is 5.77. The van der Waals surface area contributed by atoms with E-state index in [1.54, 1.807) is 0 Å². The summed E-state index contributed by atoms with van der Waals surface area (Å²) in [6, 6.07) is 0. The molecule has 4 nitrogen and oxygen atoms in total. The van der Waals surface area contributed by atoms with Gasteiger partial charge in [-0.25, -0.2) is 0 Å². The third-order valence-corrected chi connectivity index (χ3v) is 3.06. The van der Waals surface area contributed by atoms with E-state index in [9.17, 15) is 4.79 Å². The number of nitrogens with zero attached hydrogens (tertiary/aromatic N) is 1. The number of ether oxygens (including phenoxy) is 1. The number of hydrogen-bond acceptors (Lipinski definition) is 4. The van der Waals surface area contributed by atoms with Crippen LogP contribution in [0.1, 0.15) is 20.3 Å². The van der Waals surface area contributed by atoms with Crippen molar-refractivity contribution in [3.63, 3.8) is 0 Å². The third kappa shape index (κ3) is 4.49. The molecule has 0 spiro atoms. The summed E-state index contributed by atoms with van der Waals surface area (Å²) in [7, 11) is 2.15. The van der Waals surface area contributed by atoms with Crippen LogP contribution in [0.15, 0.2) is 0 Å². The molecular formula is C12H24N2O2. The fourth-order valence-corrected chi connectivity index (χ4v) is 2.06. The van der Waals surface area contributed by atoms with Crippen molar-refractivity contribution in [2.24, 2.45) is 11.8 Å². The minimum absolute atomic E-state index is 0.0425. The average molecular weight is 228 g/mol. The van der Waals surface area contributed by atoms with Gasteiger partial charge in [0.05, 0.1) is 12.5 Å². The molecule has 94 valence electrons. The number of hydrogen-bond donors (Lipinski definition) is 1. The fraction of sp³-hybridized carbons (Fsp3) is 0.917. The summed E-state index contributed by atoms with van der Waals surface area (Å²) in [6.45, 7) is 8.31. The van der Waals surface area contributed by atoms with Gasteiger partial charge in [-0.1, -0.05) is 6.92 Å². The molecule has 2 unspecified atom stereocenters. The topological polar surface area (TPSA) is 41.6 Å². The Morgan fingerprint density at radius 1 is 1.62 bits per heavy atom. The highest BCUT2D eigenvalue weighted by molar-refractivity contribution is 5.72. The van der Waals surface area contributed by atoms with E-state index in [0.717, 1.165) is 19.0 Å². The van der Waals surface area contributed by atoms with Gasteiger partial charge in [-0.05, 0) is 39.4 Å². The maximum Gasteiger partial charge on any atom is 0.309 e. The number of likely N-dealkylation sites (tertiary alicyclic amines) is 1. The lowest BCUT2D eigenvalue weighted by atomic mass is 10.1. The Balaban J connectivity index is 2.08. The van der Waals surface area contributed by atoms with Crippen LogP contribution >= 0.6 is 0 Å². The molecule has 0 aliphatic carbocycles. The van der Waals surface area contributed by atoms with Crippen molar-refractivity contribution in [1.29, 1.82) is 0 Å². The van der Waals surface area contributed by atoms with Gasteiger partial charge in [-0.3, -0.25) is 4.79 Å². The highest BCUT2D eigenvalue weighted by atomic mass is 16.5. The van der Waals surface area contributed by atoms with Gasteiger partial charge in [0.25, 0.3) is 0 Å². The van der Waals surface area contributed by atoms with Crippen LogP contribution in [0.4, 0.5) is 0 Å². The Hall–Kier alpha value is -0.610. The Morgan fingerprint density at radius 2 is 2.38 bits per heavy atom. The molecule has 0 aromatic carbocycles. The highest BCUT2D eigenvalue weighted by Gasteiger charge is 2.20. The molecule has 0 saturated carbocycles. The number of carbonyl (C=O) groups excluding carboxylic acids is 1. The van der Waals surface area contributed by atoms with Crippen LogP contribution in [-0.4, -0.2) is 50.7 Å². The van der Waals surface area contributed by atoms with E-state index in [-0.39, 0.29) is 11.9 Å². The molecule has 4 heteroatoms. The summed E-state index contributed by atoms with van der Waals surface area (Å²) in [5.74, 6) is 0.594. The molecule has 0 aromatic heterocycles. The van der Waals surface area contributed by atoms with E-state index in [1.807, 2.05) is 13.8 Å². The molecule has 1 heterocycles. The molecule has 1 rings (SSSR count). The van der Waals surface area contributed by atoms with Gasteiger partial charge in [0.15, 0.2) is 0 Å².